The molecule has 1 aliphatic heterocycles. The summed E-state index contributed by atoms with van der Waals surface area (Å²) < 4.78 is 5.05. The lowest BCUT2D eigenvalue weighted by Gasteiger charge is -2.35. The SMILES string of the molecule is Cc1cc(C(=O)N2CCCCC2CNC(=O)CCN)on1.Cl. The lowest BCUT2D eigenvalue weighted by Crippen LogP contribution is -2.49. The number of rotatable bonds is 5. The van der Waals surface area contributed by atoms with Crippen LogP contribution in [0.15, 0.2) is 10.6 Å². The highest BCUT2D eigenvalue weighted by Crippen LogP contribution is 2.19. The zero-order valence-corrected chi connectivity index (χ0v) is 13.5. The fourth-order valence-electron chi connectivity index (χ4n) is 2.54. The highest BCUT2D eigenvalue weighted by Gasteiger charge is 2.29. The minimum atomic E-state index is -0.159. The summed E-state index contributed by atoms with van der Waals surface area (Å²) in [5.74, 6) is 0.0204. The molecule has 8 heteroatoms. The van der Waals surface area contributed by atoms with E-state index in [1.165, 1.54) is 0 Å². The van der Waals surface area contributed by atoms with Gasteiger partial charge in [-0.05, 0) is 26.2 Å². The molecule has 0 radical (unpaired) electrons. The molecule has 7 nitrogen and oxygen atoms in total. The van der Waals surface area contributed by atoms with Gasteiger partial charge in [-0.2, -0.15) is 0 Å². The minimum Gasteiger partial charge on any atom is -0.354 e. The number of piperidine rings is 1. The number of carbonyl (C=O) groups is 2. The van der Waals surface area contributed by atoms with Crippen molar-refractivity contribution >= 4 is 24.2 Å². The molecule has 22 heavy (non-hydrogen) atoms. The number of nitrogens with two attached hydrogens (primary N) is 1. The molecule has 1 aromatic rings. The van der Waals surface area contributed by atoms with Crippen molar-refractivity contribution in [3.63, 3.8) is 0 Å². The molecule has 0 aliphatic carbocycles. The van der Waals surface area contributed by atoms with Gasteiger partial charge in [-0.25, -0.2) is 0 Å². The first-order valence-electron chi connectivity index (χ1n) is 7.33. The monoisotopic (exact) mass is 330 g/mol. The molecule has 124 valence electrons. The van der Waals surface area contributed by atoms with Gasteiger partial charge in [-0.1, -0.05) is 5.16 Å². The Kier molecular flexibility index (Phi) is 7.34. The van der Waals surface area contributed by atoms with Gasteiger partial charge in [0.25, 0.3) is 5.91 Å². The smallest absolute Gasteiger partial charge is 0.292 e. The molecule has 1 unspecified atom stereocenters. The number of hydrogen-bond donors (Lipinski definition) is 2. The van der Waals surface area contributed by atoms with E-state index < -0.39 is 0 Å². The summed E-state index contributed by atoms with van der Waals surface area (Å²) in [5.41, 5.74) is 6.03. The molecule has 2 amide bonds. The number of aromatic nitrogens is 1. The molecular formula is C14H23ClN4O3. The summed E-state index contributed by atoms with van der Waals surface area (Å²) in [4.78, 5) is 25.7. The van der Waals surface area contributed by atoms with Gasteiger partial charge in [0.2, 0.25) is 11.7 Å². The molecule has 3 N–H and O–H groups in total. The van der Waals surface area contributed by atoms with Crippen LogP contribution in [0.1, 0.15) is 41.9 Å². The van der Waals surface area contributed by atoms with Crippen molar-refractivity contribution in [1.82, 2.24) is 15.4 Å². The molecule has 1 fully saturated rings. The first-order chi connectivity index (χ1) is 10.1. The largest absolute Gasteiger partial charge is 0.354 e. The summed E-state index contributed by atoms with van der Waals surface area (Å²) >= 11 is 0. The first kappa shape index (κ1) is 18.4. The molecule has 2 rings (SSSR count). The Bertz CT molecular complexity index is 506. The van der Waals surface area contributed by atoms with Crippen LogP contribution in [0.2, 0.25) is 0 Å². The number of likely N-dealkylation sites (tertiary alicyclic amines) is 1. The summed E-state index contributed by atoms with van der Waals surface area (Å²) in [6.45, 7) is 3.24. The maximum Gasteiger partial charge on any atom is 0.292 e. The minimum absolute atomic E-state index is 0. The van der Waals surface area contributed by atoms with Crippen molar-refractivity contribution in [2.24, 2.45) is 5.73 Å². The third-order valence-corrected chi connectivity index (χ3v) is 3.63. The molecule has 0 bridgehead atoms. The third kappa shape index (κ3) is 4.71. The Labute approximate surface area is 136 Å². The van der Waals surface area contributed by atoms with Crippen LogP contribution in [0, 0.1) is 6.92 Å². The van der Waals surface area contributed by atoms with Crippen LogP contribution >= 0.6 is 12.4 Å². The van der Waals surface area contributed by atoms with E-state index in [0.29, 0.717) is 31.7 Å². The van der Waals surface area contributed by atoms with Gasteiger partial charge in [0.15, 0.2) is 0 Å². The molecule has 1 aliphatic rings. The average molecular weight is 331 g/mol. The van der Waals surface area contributed by atoms with E-state index in [4.69, 9.17) is 10.3 Å². The van der Waals surface area contributed by atoms with Crippen LogP contribution in [0.3, 0.4) is 0 Å². The Morgan fingerprint density at radius 1 is 1.50 bits per heavy atom. The predicted octanol–water partition coefficient (Wildman–Crippen LogP) is 0.865. The fourth-order valence-corrected chi connectivity index (χ4v) is 2.54. The molecule has 2 heterocycles. The molecular weight excluding hydrogens is 308 g/mol. The molecule has 0 aromatic carbocycles. The lowest BCUT2D eigenvalue weighted by atomic mass is 10.0. The number of aryl methyl sites for hydroxylation is 1. The van der Waals surface area contributed by atoms with E-state index in [9.17, 15) is 9.59 Å². The van der Waals surface area contributed by atoms with Gasteiger partial charge in [-0.15, -0.1) is 12.4 Å². The van der Waals surface area contributed by atoms with Gasteiger partial charge in [0, 0.05) is 38.2 Å². The van der Waals surface area contributed by atoms with Gasteiger partial charge in [0.1, 0.15) is 0 Å². The van der Waals surface area contributed by atoms with Gasteiger partial charge in [0.05, 0.1) is 5.69 Å². The highest BCUT2D eigenvalue weighted by atomic mass is 35.5. The van der Waals surface area contributed by atoms with Crippen LogP contribution < -0.4 is 11.1 Å². The van der Waals surface area contributed by atoms with E-state index in [2.05, 4.69) is 10.5 Å². The number of nitrogens with zero attached hydrogens (tertiary/aromatic N) is 2. The summed E-state index contributed by atoms with van der Waals surface area (Å²) in [5, 5.41) is 6.59. The Balaban J connectivity index is 0.00000242. The van der Waals surface area contributed by atoms with Crippen LogP contribution in [0.25, 0.3) is 0 Å². The van der Waals surface area contributed by atoms with Crippen LogP contribution in [0.4, 0.5) is 0 Å². The molecule has 1 saturated heterocycles. The van der Waals surface area contributed by atoms with E-state index in [1.54, 1.807) is 17.9 Å². The van der Waals surface area contributed by atoms with Crippen LogP contribution in [-0.4, -0.2) is 47.5 Å². The van der Waals surface area contributed by atoms with Gasteiger partial charge >= 0.3 is 0 Å². The molecule has 0 spiro atoms. The van der Waals surface area contributed by atoms with E-state index in [-0.39, 0.29) is 36.0 Å². The number of amides is 2. The van der Waals surface area contributed by atoms with Crippen LogP contribution in [-0.2, 0) is 4.79 Å². The molecule has 1 atom stereocenters. The number of carbonyl (C=O) groups excluding carboxylic acids is 2. The van der Waals surface area contributed by atoms with E-state index in [0.717, 1.165) is 19.3 Å². The molecule has 1 aromatic heterocycles. The third-order valence-electron chi connectivity index (χ3n) is 3.63. The van der Waals surface area contributed by atoms with Gasteiger partial charge in [-0.3, -0.25) is 9.59 Å². The normalized spacial score (nSPS) is 17.7. The van der Waals surface area contributed by atoms with E-state index in [1.807, 2.05) is 0 Å². The van der Waals surface area contributed by atoms with Crippen molar-refractivity contribution in [3.05, 3.63) is 17.5 Å². The second kappa shape index (κ2) is 8.75. The van der Waals surface area contributed by atoms with Crippen molar-refractivity contribution in [2.45, 2.75) is 38.6 Å². The Morgan fingerprint density at radius 3 is 2.91 bits per heavy atom. The number of hydrogen-bond acceptors (Lipinski definition) is 5. The number of halogens is 1. The topological polar surface area (TPSA) is 101 Å². The average Bonchev–Trinajstić information content (AvgIpc) is 2.91. The zero-order chi connectivity index (χ0) is 15.2. The zero-order valence-electron chi connectivity index (χ0n) is 12.7. The maximum atomic E-state index is 12.5. The fraction of sp³-hybridized carbons (Fsp3) is 0.643. The van der Waals surface area contributed by atoms with Crippen molar-refractivity contribution < 1.29 is 14.1 Å². The standard InChI is InChI=1S/C14H22N4O3.ClH/c1-10-8-12(21-17-10)14(20)18-7-3-2-4-11(18)9-16-13(19)5-6-15;/h8,11H,2-7,9,15H2,1H3,(H,16,19);1H. The highest BCUT2D eigenvalue weighted by molar-refractivity contribution is 5.91. The molecule has 0 saturated carbocycles. The van der Waals surface area contributed by atoms with Crippen molar-refractivity contribution in [1.29, 1.82) is 0 Å². The van der Waals surface area contributed by atoms with Crippen LogP contribution in [0.5, 0.6) is 0 Å². The Morgan fingerprint density at radius 2 is 2.27 bits per heavy atom. The summed E-state index contributed by atoms with van der Waals surface area (Å²) in [7, 11) is 0. The maximum absolute atomic E-state index is 12.5. The lowest BCUT2D eigenvalue weighted by molar-refractivity contribution is -0.121. The van der Waals surface area contributed by atoms with Crippen molar-refractivity contribution in [2.75, 3.05) is 19.6 Å². The summed E-state index contributed by atoms with van der Waals surface area (Å²) in [6.07, 6.45) is 3.20. The second-order valence-electron chi connectivity index (χ2n) is 5.32. The first-order valence-corrected chi connectivity index (χ1v) is 7.33. The van der Waals surface area contributed by atoms with Gasteiger partial charge < -0.3 is 20.5 Å². The summed E-state index contributed by atoms with van der Waals surface area (Å²) in [6, 6.07) is 1.64. The Hall–Kier alpha value is -1.60. The van der Waals surface area contributed by atoms with E-state index >= 15 is 0 Å². The quantitative estimate of drug-likeness (QED) is 0.834. The number of nitrogens with one attached hydrogen (secondary N) is 1. The predicted molar refractivity (Wildman–Crippen MR) is 83.8 cm³/mol. The van der Waals surface area contributed by atoms with Crippen molar-refractivity contribution in [3.8, 4) is 0 Å². The second-order valence-corrected chi connectivity index (χ2v) is 5.32.